The quantitative estimate of drug-likeness (QED) is 0.518. The smallest absolute Gasteiger partial charge is 0.237 e. The molecule has 0 unspecified atom stereocenters. The normalized spacial score (nSPS) is 11.9. The lowest BCUT2D eigenvalue weighted by Gasteiger charge is -2.08. The summed E-state index contributed by atoms with van der Waals surface area (Å²) in [5.41, 5.74) is 0.568. The van der Waals surface area contributed by atoms with Gasteiger partial charge in [0, 0.05) is 23.2 Å². The van der Waals surface area contributed by atoms with E-state index in [9.17, 15) is 21.6 Å². The maximum Gasteiger partial charge on any atom is 0.268 e. The van der Waals surface area contributed by atoms with E-state index >= 15 is 0 Å². The van der Waals surface area contributed by atoms with Crippen molar-refractivity contribution in [3.05, 3.63) is 78.0 Å². The van der Waals surface area contributed by atoms with Crippen LogP contribution < -0.4 is 0 Å². The predicted octanol–water partition coefficient (Wildman–Crippen LogP) is 4.06. The Labute approximate surface area is 158 Å². The summed E-state index contributed by atoms with van der Waals surface area (Å²) in [6.45, 7) is 1.80. The third kappa shape index (κ3) is 2.93. The van der Waals surface area contributed by atoms with Crippen LogP contribution in [0, 0.1) is 24.4 Å². The Morgan fingerprint density at radius 1 is 0.929 bits per heavy atom. The summed E-state index contributed by atoms with van der Waals surface area (Å²) in [7, 11) is -4.19. The van der Waals surface area contributed by atoms with E-state index in [0.29, 0.717) is 6.07 Å². The Morgan fingerprint density at radius 2 is 1.57 bits per heavy atom. The minimum Gasteiger partial charge on any atom is -0.237 e. The number of hydrogen-bond donors (Lipinski definition) is 0. The first-order chi connectivity index (χ1) is 13.3. The van der Waals surface area contributed by atoms with Gasteiger partial charge in [-0.3, -0.25) is 0 Å². The SMILES string of the molecule is Cc1ccc(S(=O)(=O)n2cc(-c3ncc(F)cn3)c3cc(F)cc(F)c32)cc1. The molecule has 4 rings (SSSR count). The second-order valence-corrected chi connectivity index (χ2v) is 7.98. The first-order valence-electron chi connectivity index (χ1n) is 8.07. The fraction of sp³-hybridized carbons (Fsp3) is 0.0526. The minimum atomic E-state index is -4.19. The molecule has 0 radical (unpaired) electrons. The van der Waals surface area contributed by atoms with Gasteiger partial charge in [0.15, 0.2) is 17.5 Å². The topological polar surface area (TPSA) is 64.8 Å². The van der Waals surface area contributed by atoms with E-state index in [1.807, 2.05) is 0 Å². The fourth-order valence-corrected chi connectivity index (χ4v) is 4.27. The van der Waals surface area contributed by atoms with E-state index in [1.54, 1.807) is 19.1 Å². The van der Waals surface area contributed by atoms with Crippen LogP contribution >= 0.6 is 0 Å². The predicted molar refractivity (Wildman–Crippen MR) is 96.6 cm³/mol. The van der Waals surface area contributed by atoms with Crippen molar-refractivity contribution in [3.8, 4) is 11.4 Å². The van der Waals surface area contributed by atoms with Crippen molar-refractivity contribution in [1.29, 1.82) is 0 Å². The highest BCUT2D eigenvalue weighted by molar-refractivity contribution is 7.90. The molecule has 0 N–H and O–H groups in total. The standard InChI is InChI=1S/C19H12F3N3O2S/c1-11-2-4-14(5-3-11)28(26,27)25-10-16(19-23-8-13(21)9-24-19)15-6-12(20)7-17(22)18(15)25/h2-10H,1H3. The van der Waals surface area contributed by atoms with Crippen molar-refractivity contribution in [2.45, 2.75) is 11.8 Å². The molecule has 9 heteroatoms. The minimum absolute atomic E-state index is 0.0419. The van der Waals surface area contributed by atoms with E-state index in [0.717, 1.165) is 34.2 Å². The van der Waals surface area contributed by atoms with Crippen molar-refractivity contribution >= 4 is 20.9 Å². The van der Waals surface area contributed by atoms with Crippen LogP contribution in [0.1, 0.15) is 5.56 Å². The average Bonchev–Trinajstić information content (AvgIpc) is 3.03. The second-order valence-electron chi connectivity index (χ2n) is 6.17. The Hall–Kier alpha value is -3.20. The van der Waals surface area contributed by atoms with Crippen LogP contribution in [-0.4, -0.2) is 22.4 Å². The summed E-state index contributed by atoms with van der Waals surface area (Å²) >= 11 is 0. The number of benzene rings is 2. The van der Waals surface area contributed by atoms with Gasteiger partial charge in [0.2, 0.25) is 0 Å². The number of halogens is 3. The van der Waals surface area contributed by atoms with Gasteiger partial charge < -0.3 is 0 Å². The monoisotopic (exact) mass is 403 g/mol. The number of aromatic nitrogens is 3. The summed E-state index contributed by atoms with van der Waals surface area (Å²) in [5, 5.41) is -0.0419. The van der Waals surface area contributed by atoms with Gasteiger partial charge in [-0.2, -0.15) is 0 Å². The summed E-state index contributed by atoms with van der Waals surface area (Å²) < 4.78 is 68.5. The zero-order valence-corrected chi connectivity index (χ0v) is 15.2. The van der Waals surface area contributed by atoms with Gasteiger partial charge in [-0.05, 0) is 25.1 Å². The average molecular weight is 403 g/mol. The van der Waals surface area contributed by atoms with Crippen LogP contribution in [0.2, 0.25) is 0 Å². The van der Waals surface area contributed by atoms with Gasteiger partial charge in [0.1, 0.15) is 11.3 Å². The number of aryl methyl sites for hydroxylation is 1. The summed E-state index contributed by atoms with van der Waals surface area (Å²) in [4.78, 5) is 7.53. The molecule has 142 valence electrons. The van der Waals surface area contributed by atoms with E-state index in [2.05, 4.69) is 9.97 Å². The van der Waals surface area contributed by atoms with Crippen LogP contribution in [0.5, 0.6) is 0 Å². The lowest BCUT2D eigenvalue weighted by molar-refractivity contribution is 0.579. The van der Waals surface area contributed by atoms with Crippen LogP contribution in [0.25, 0.3) is 22.3 Å². The summed E-state index contributed by atoms with van der Waals surface area (Å²) in [6, 6.07) is 7.59. The van der Waals surface area contributed by atoms with Gasteiger partial charge >= 0.3 is 0 Å². The molecule has 0 aliphatic heterocycles. The van der Waals surface area contributed by atoms with Crippen LogP contribution in [0.3, 0.4) is 0 Å². The lowest BCUT2D eigenvalue weighted by atomic mass is 10.1. The second kappa shape index (κ2) is 6.45. The largest absolute Gasteiger partial charge is 0.268 e. The molecule has 0 saturated heterocycles. The molecule has 0 fully saturated rings. The fourth-order valence-electron chi connectivity index (χ4n) is 2.89. The number of hydrogen-bond acceptors (Lipinski definition) is 4. The first kappa shape index (κ1) is 18.2. The van der Waals surface area contributed by atoms with Crippen LogP contribution in [0.4, 0.5) is 13.2 Å². The summed E-state index contributed by atoms with van der Waals surface area (Å²) in [6.07, 6.45) is 2.88. The van der Waals surface area contributed by atoms with Crippen molar-refractivity contribution in [3.63, 3.8) is 0 Å². The molecule has 0 aliphatic carbocycles. The molecule has 0 bridgehead atoms. The molecule has 4 aromatic rings. The zero-order chi connectivity index (χ0) is 20.1. The molecule has 0 atom stereocenters. The van der Waals surface area contributed by atoms with Gasteiger partial charge in [0.25, 0.3) is 10.0 Å². The van der Waals surface area contributed by atoms with Gasteiger partial charge in [-0.1, -0.05) is 17.7 Å². The number of rotatable bonds is 3. The van der Waals surface area contributed by atoms with Crippen LogP contribution in [0.15, 0.2) is 59.9 Å². The number of fused-ring (bicyclic) bond motifs is 1. The van der Waals surface area contributed by atoms with E-state index < -0.39 is 27.5 Å². The Morgan fingerprint density at radius 3 is 2.21 bits per heavy atom. The molecule has 0 saturated carbocycles. The molecule has 2 heterocycles. The molecule has 0 aliphatic rings. The third-order valence-electron chi connectivity index (χ3n) is 4.22. The van der Waals surface area contributed by atoms with Crippen molar-refractivity contribution < 1.29 is 21.6 Å². The zero-order valence-electron chi connectivity index (χ0n) is 14.4. The molecular formula is C19H12F3N3O2S. The highest BCUT2D eigenvalue weighted by atomic mass is 32.2. The third-order valence-corrected chi connectivity index (χ3v) is 5.90. The molecule has 28 heavy (non-hydrogen) atoms. The van der Waals surface area contributed by atoms with Crippen molar-refractivity contribution in [1.82, 2.24) is 13.9 Å². The molecule has 2 aromatic heterocycles. The van der Waals surface area contributed by atoms with Gasteiger partial charge in [-0.25, -0.2) is 35.5 Å². The first-order valence-corrected chi connectivity index (χ1v) is 9.51. The van der Waals surface area contributed by atoms with E-state index in [1.165, 1.54) is 12.1 Å². The molecule has 5 nitrogen and oxygen atoms in total. The maximum absolute atomic E-state index is 14.6. The Balaban J connectivity index is 2.04. The highest BCUT2D eigenvalue weighted by Gasteiger charge is 2.25. The van der Waals surface area contributed by atoms with Crippen molar-refractivity contribution in [2.75, 3.05) is 0 Å². The van der Waals surface area contributed by atoms with Gasteiger partial charge in [-0.15, -0.1) is 0 Å². The maximum atomic E-state index is 14.6. The molecule has 0 spiro atoms. The molecular weight excluding hydrogens is 391 g/mol. The van der Waals surface area contributed by atoms with E-state index in [-0.39, 0.29) is 27.2 Å². The lowest BCUT2D eigenvalue weighted by Crippen LogP contribution is -2.12. The summed E-state index contributed by atoms with van der Waals surface area (Å²) in [5.74, 6) is -2.70. The van der Waals surface area contributed by atoms with Crippen molar-refractivity contribution in [2.24, 2.45) is 0 Å². The Bertz CT molecular complexity index is 1300. The molecule has 2 aromatic carbocycles. The van der Waals surface area contributed by atoms with Crippen LogP contribution in [-0.2, 0) is 10.0 Å². The van der Waals surface area contributed by atoms with E-state index in [4.69, 9.17) is 0 Å². The van der Waals surface area contributed by atoms with Gasteiger partial charge in [0.05, 0.1) is 17.3 Å². The molecule has 0 amide bonds. The Kier molecular flexibility index (Phi) is 4.19. The highest BCUT2D eigenvalue weighted by Crippen LogP contribution is 2.33. The number of nitrogens with zero attached hydrogens (tertiary/aromatic N) is 3.